The molecule has 0 saturated carbocycles. The summed E-state index contributed by atoms with van der Waals surface area (Å²) in [6, 6.07) is 5.31. The molecule has 30 heavy (non-hydrogen) atoms. The summed E-state index contributed by atoms with van der Waals surface area (Å²) in [4.78, 5) is 14.4. The third-order valence-electron chi connectivity index (χ3n) is 5.39. The molecule has 2 aliphatic heterocycles. The summed E-state index contributed by atoms with van der Waals surface area (Å²) in [7, 11) is 0. The summed E-state index contributed by atoms with van der Waals surface area (Å²) in [6.45, 7) is 2.43. The van der Waals surface area contributed by atoms with E-state index in [1.54, 1.807) is 12.1 Å². The van der Waals surface area contributed by atoms with E-state index in [-0.39, 0.29) is 24.6 Å². The number of carbonyl (C=O) groups is 1. The molecule has 0 unspecified atom stereocenters. The van der Waals surface area contributed by atoms with Crippen LogP contribution in [0.15, 0.2) is 18.2 Å². The van der Waals surface area contributed by atoms with E-state index in [1.807, 2.05) is 6.07 Å². The zero-order valence-electron chi connectivity index (χ0n) is 16.8. The standard InChI is InChI=1S/C20H31N3O7/c21-6-5-16(25)22-13-9-12(10-23-7-1-2-8-23)3-4-14(13)29-20-19(28)18(27)17(26)15(11-24)30-20/h3-4,9,15,17-20,24,26-28H,1-2,5-8,10-11,21H2,(H,22,25)/t15-,17-,18+,19+,20+/m1/s1. The number of hydrogen-bond acceptors (Lipinski definition) is 9. The monoisotopic (exact) mass is 425 g/mol. The Balaban J connectivity index is 1.79. The zero-order valence-corrected chi connectivity index (χ0v) is 16.8. The second-order valence-corrected chi connectivity index (χ2v) is 7.72. The lowest BCUT2D eigenvalue weighted by Crippen LogP contribution is -2.60. The van der Waals surface area contributed by atoms with Crippen molar-refractivity contribution >= 4 is 11.6 Å². The Kier molecular flexibility index (Phi) is 8.00. The van der Waals surface area contributed by atoms with Gasteiger partial charge in [0.1, 0.15) is 30.2 Å². The van der Waals surface area contributed by atoms with Gasteiger partial charge in [-0.3, -0.25) is 9.69 Å². The van der Waals surface area contributed by atoms with Crippen molar-refractivity contribution < 1.29 is 34.7 Å². The van der Waals surface area contributed by atoms with Gasteiger partial charge in [0.05, 0.1) is 12.3 Å². The summed E-state index contributed by atoms with van der Waals surface area (Å²) >= 11 is 0. The van der Waals surface area contributed by atoms with E-state index < -0.39 is 37.3 Å². The highest BCUT2D eigenvalue weighted by atomic mass is 16.7. The Hall–Kier alpha value is -1.79. The number of aliphatic hydroxyl groups excluding tert-OH is 4. The van der Waals surface area contributed by atoms with Crippen LogP contribution in [0, 0.1) is 0 Å². The molecule has 0 aromatic heterocycles. The number of aliphatic hydroxyl groups is 4. The van der Waals surface area contributed by atoms with Gasteiger partial charge in [-0.15, -0.1) is 0 Å². The number of hydrogen-bond donors (Lipinski definition) is 6. The van der Waals surface area contributed by atoms with E-state index >= 15 is 0 Å². The first-order chi connectivity index (χ1) is 14.4. The van der Waals surface area contributed by atoms with Crippen LogP contribution in [0.5, 0.6) is 5.75 Å². The summed E-state index contributed by atoms with van der Waals surface area (Å²) in [5.41, 5.74) is 6.84. The number of likely N-dealkylation sites (tertiary alicyclic amines) is 1. The third-order valence-corrected chi connectivity index (χ3v) is 5.39. The lowest BCUT2D eigenvalue weighted by atomic mass is 9.99. The number of rotatable bonds is 8. The van der Waals surface area contributed by atoms with Crippen molar-refractivity contribution in [1.82, 2.24) is 4.90 Å². The van der Waals surface area contributed by atoms with Gasteiger partial charge < -0.3 is 41.0 Å². The maximum Gasteiger partial charge on any atom is 0.229 e. The molecule has 2 fully saturated rings. The maximum absolute atomic E-state index is 12.1. The fraction of sp³-hybridized carbons (Fsp3) is 0.650. The lowest BCUT2D eigenvalue weighted by molar-refractivity contribution is -0.277. The highest BCUT2D eigenvalue weighted by Gasteiger charge is 2.44. The first-order valence-electron chi connectivity index (χ1n) is 10.2. The number of nitrogens with zero attached hydrogens (tertiary/aromatic N) is 1. The number of ether oxygens (including phenoxy) is 2. The van der Waals surface area contributed by atoms with E-state index in [1.165, 1.54) is 12.8 Å². The van der Waals surface area contributed by atoms with Crippen molar-refractivity contribution in [1.29, 1.82) is 0 Å². The van der Waals surface area contributed by atoms with Crippen LogP contribution in [-0.4, -0.2) is 88.2 Å². The van der Waals surface area contributed by atoms with E-state index in [2.05, 4.69) is 10.2 Å². The van der Waals surface area contributed by atoms with Gasteiger partial charge in [0.2, 0.25) is 12.2 Å². The van der Waals surface area contributed by atoms with Crippen LogP contribution in [0.25, 0.3) is 0 Å². The molecule has 10 nitrogen and oxygen atoms in total. The van der Waals surface area contributed by atoms with Gasteiger partial charge in [0.25, 0.3) is 0 Å². The molecule has 7 N–H and O–H groups in total. The van der Waals surface area contributed by atoms with Crippen molar-refractivity contribution in [3.8, 4) is 5.75 Å². The summed E-state index contributed by atoms with van der Waals surface area (Å²) in [5, 5.41) is 42.2. The Bertz CT molecular complexity index is 712. The largest absolute Gasteiger partial charge is 0.460 e. The molecule has 0 aliphatic carbocycles. The van der Waals surface area contributed by atoms with E-state index in [0.29, 0.717) is 5.69 Å². The Labute approximate surface area is 175 Å². The van der Waals surface area contributed by atoms with Crippen LogP contribution in [0.4, 0.5) is 5.69 Å². The van der Waals surface area contributed by atoms with E-state index in [4.69, 9.17) is 15.2 Å². The number of nitrogens with one attached hydrogen (secondary N) is 1. The number of anilines is 1. The number of nitrogens with two attached hydrogens (primary N) is 1. The molecule has 2 saturated heterocycles. The van der Waals surface area contributed by atoms with E-state index in [0.717, 1.165) is 25.2 Å². The smallest absolute Gasteiger partial charge is 0.229 e. The second kappa shape index (κ2) is 10.5. The molecule has 168 valence electrons. The van der Waals surface area contributed by atoms with Crippen LogP contribution in [0.2, 0.25) is 0 Å². The van der Waals surface area contributed by atoms with E-state index in [9.17, 15) is 25.2 Å². The topological polar surface area (TPSA) is 158 Å². The average Bonchev–Trinajstić information content (AvgIpc) is 3.23. The molecule has 1 amide bonds. The first-order valence-corrected chi connectivity index (χ1v) is 10.2. The third kappa shape index (κ3) is 5.46. The van der Waals surface area contributed by atoms with Gasteiger partial charge in [0.15, 0.2) is 0 Å². The Morgan fingerprint density at radius 2 is 1.93 bits per heavy atom. The number of carbonyl (C=O) groups excluding carboxylic acids is 1. The maximum atomic E-state index is 12.1. The summed E-state index contributed by atoms with van der Waals surface area (Å²) in [6.07, 6.45) is -4.53. The molecule has 5 atom stereocenters. The molecule has 1 aromatic carbocycles. The SMILES string of the molecule is NCCC(=O)Nc1cc(CN2CCCC2)ccc1O[C@H]1O[C@H](CO)[C@@H](O)[C@H](O)[C@@H]1O. The minimum Gasteiger partial charge on any atom is -0.460 e. The molecule has 10 heteroatoms. The molecule has 2 aliphatic rings. The van der Waals surface area contributed by atoms with Crippen LogP contribution >= 0.6 is 0 Å². The van der Waals surface area contributed by atoms with Crippen molar-refractivity contribution in [2.75, 3.05) is 31.6 Å². The quantitative estimate of drug-likeness (QED) is 0.299. The molecule has 1 aromatic rings. The fourth-order valence-corrected chi connectivity index (χ4v) is 3.71. The Morgan fingerprint density at radius 3 is 2.60 bits per heavy atom. The fourth-order valence-electron chi connectivity index (χ4n) is 3.71. The molecular formula is C20H31N3O7. The van der Waals surface area contributed by atoms with Crippen molar-refractivity contribution in [2.24, 2.45) is 5.73 Å². The van der Waals surface area contributed by atoms with Gasteiger partial charge in [-0.05, 0) is 43.6 Å². The van der Waals surface area contributed by atoms with Gasteiger partial charge in [-0.2, -0.15) is 0 Å². The summed E-state index contributed by atoms with van der Waals surface area (Å²) in [5.74, 6) is -0.0515. The highest BCUT2D eigenvalue weighted by molar-refractivity contribution is 5.92. The van der Waals surface area contributed by atoms with Crippen molar-refractivity contribution in [3.05, 3.63) is 23.8 Å². The minimum atomic E-state index is -1.55. The zero-order chi connectivity index (χ0) is 21.7. The lowest BCUT2D eigenvalue weighted by Gasteiger charge is -2.39. The van der Waals surface area contributed by atoms with Gasteiger partial charge in [-0.1, -0.05) is 6.07 Å². The van der Waals surface area contributed by atoms with Crippen LogP contribution in [0.1, 0.15) is 24.8 Å². The molecule has 3 rings (SSSR count). The number of benzene rings is 1. The van der Waals surface area contributed by atoms with Crippen LogP contribution in [0.3, 0.4) is 0 Å². The predicted octanol–water partition coefficient (Wildman–Crippen LogP) is -1.25. The summed E-state index contributed by atoms with van der Waals surface area (Å²) < 4.78 is 11.1. The molecule has 0 bridgehead atoms. The average molecular weight is 425 g/mol. The molecule has 0 spiro atoms. The van der Waals surface area contributed by atoms with Crippen molar-refractivity contribution in [2.45, 2.75) is 56.5 Å². The molecular weight excluding hydrogens is 394 g/mol. The predicted molar refractivity (Wildman–Crippen MR) is 108 cm³/mol. The minimum absolute atomic E-state index is 0.135. The highest BCUT2D eigenvalue weighted by Crippen LogP contribution is 2.31. The van der Waals surface area contributed by atoms with Gasteiger partial charge >= 0.3 is 0 Å². The van der Waals surface area contributed by atoms with Gasteiger partial charge in [0, 0.05) is 19.5 Å². The van der Waals surface area contributed by atoms with Gasteiger partial charge in [-0.25, -0.2) is 0 Å². The second-order valence-electron chi connectivity index (χ2n) is 7.72. The molecule has 0 radical (unpaired) electrons. The Morgan fingerprint density at radius 1 is 1.20 bits per heavy atom. The van der Waals surface area contributed by atoms with Crippen LogP contribution < -0.4 is 15.8 Å². The first kappa shape index (κ1) is 22.9. The molecule has 2 heterocycles. The van der Waals surface area contributed by atoms with Crippen LogP contribution in [-0.2, 0) is 16.1 Å². The normalized spacial score (nSPS) is 29.7. The van der Waals surface area contributed by atoms with Crippen molar-refractivity contribution in [3.63, 3.8) is 0 Å². The number of amides is 1.